The van der Waals surface area contributed by atoms with Crippen molar-refractivity contribution in [3.05, 3.63) is 33.1 Å². The summed E-state index contributed by atoms with van der Waals surface area (Å²) in [5.74, 6) is 0. The summed E-state index contributed by atoms with van der Waals surface area (Å²) in [5, 5.41) is 10.5. The van der Waals surface area contributed by atoms with Crippen molar-refractivity contribution >= 4 is 37.4 Å². The molecular weight excluding hydrogens is 260 g/mol. The molecule has 1 heterocycles. The fourth-order valence-corrected chi connectivity index (χ4v) is 3.27. The summed E-state index contributed by atoms with van der Waals surface area (Å²) >= 11 is 5.18. The van der Waals surface area contributed by atoms with E-state index in [9.17, 15) is 5.11 Å². The molecule has 0 amide bonds. The first-order valence-electron chi connectivity index (χ1n) is 4.57. The SMILES string of the molecule is CCc1ccc2sc(Br)cc2c1CO. The number of hydrogen-bond donors (Lipinski definition) is 1. The summed E-state index contributed by atoms with van der Waals surface area (Å²) < 4.78 is 2.36. The van der Waals surface area contributed by atoms with Crippen LogP contribution in [0, 0.1) is 0 Å². The van der Waals surface area contributed by atoms with Crippen LogP contribution in [0.1, 0.15) is 18.1 Å². The Hall–Kier alpha value is -0.380. The van der Waals surface area contributed by atoms with E-state index in [1.165, 1.54) is 15.6 Å². The fourth-order valence-electron chi connectivity index (χ4n) is 1.70. The molecule has 1 aromatic heterocycles. The number of benzene rings is 1. The molecule has 0 spiro atoms. The van der Waals surface area contributed by atoms with Crippen LogP contribution in [-0.2, 0) is 13.0 Å². The van der Waals surface area contributed by atoms with E-state index in [1.54, 1.807) is 11.3 Å². The van der Waals surface area contributed by atoms with Crippen molar-refractivity contribution in [3.63, 3.8) is 0 Å². The number of aliphatic hydroxyl groups is 1. The van der Waals surface area contributed by atoms with Crippen LogP contribution in [0.2, 0.25) is 0 Å². The highest BCUT2D eigenvalue weighted by atomic mass is 79.9. The van der Waals surface area contributed by atoms with Gasteiger partial charge in [-0.05, 0) is 51.0 Å². The first-order chi connectivity index (χ1) is 6.76. The molecule has 0 unspecified atom stereocenters. The summed E-state index contributed by atoms with van der Waals surface area (Å²) in [6.45, 7) is 2.24. The molecular formula is C11H11BrOS. The van der Waals surface area contributed by atoms with E-state index in [4.69, 9.17) is 0 Å². The van der Waals surface area contributed by atoms with Gasteiger partial charge < -0.3 is 5.11 Å². The Kier molecular flexibility index (Phi) is 2.91. The lowest BCUT2D eigenvalue weighted by Gasteiger charge is -2.05. The lowest BCUT2D eigenvalue weighted by molar-refractivity contribution is 0.282. The topological polar surface area (TPSA) is 20.2 Å². The van der Waals surface area contributed by atoms with Crippen LogP contribution in [0.5, 0.6) is 0 Å². The van der Waals surface area contributed by atoms with Gasteiger partial charge in [0.15, 0.2) is 0 Å². The van der Waals surface area contributed by atoms with E-state index in [1.807, 2.05) is 0 Å². The van der Waals surface area contributed by atoms with Crippen molar-refractivity contribution in [2.24, 2.45) is 0 Å². The first-order valence-corrected chi connectivity index (χ1v) is 6.18. The Morgan fingerprint density at radius 2 is 2.21 bits per heavy atom. The minimum atomic E-state index is 0.129. The maximum Gasteiger partial charge on any atom is 0.0711 e. The highest BCUT2D eigenvalue weighted by Crippen LogP contribution is 2.33. The lowest BCUT2D eigenvalue weighted by atomic mass is 10.0. The third kappa shape index (κ3) is 1.60. The molecule has 0 aliphatic heterocycles. The molecule has 0 saturated carbocycles. The Morgan fingerprint density at radius 3 is 2.86 bits per heavy atom. The van der Waals surface area contributed by atoms with Gasteiger partial charge in [-0.25, -0.2) is 0 Å². The van der Waals surface area contributed by atoms with Crippen LogP contribution < -0.4 is 0 Å². The number of halogens is 1. The van der Waals surface area contributed by atoms with Gasteiger partial charge in [0.2, 0.25) is 0 Å². The number of aliphatic hydroxyl groups excluding tert-OH is 1. The Morgan fingerprint density at radius 1 is 1.43 bits per heavy atom. The maximum atomic E-state index is 9.35. The van der Waals surface area contributed by atoms with Crippen LogP contribution in [0.25, 0.3) is 10.1 Å². The second kappa shape index (κ2) is 4.01. The molecule has 14 heavy (non-hydrogen) atoms. The third-order valence-corrected chi connectivity index (χ3v) is 4.02. The van der Waals surface area contributed by atoms with Gasteiger partial charge in [-0.15, -0.1) is 11.3 Å². The van der Waals surface area contributed by atoms with E-state index >= 15 is 0 Å². The minimum Gasteiger partial charge on any atom is -0.392 e. The predicted molar refractivity (Wildman–Crippen MR) is 64.8 cm³/mol. The molecule has 0 atom stereocenters. The third-order valence-electron chi connectivity index (χ3n) is 2.42. The zero-order valence-electron chi connectivity index (χ0n) is 7.88. The molecule has 0 saturated heterocycles. The summed E-state index contributed by atoms with van der Waals surface area (Å²) in [4.78, 5) is 0. The summed E-state index contributed by atoms with van der Waals surface area (Å²) in [5.41, 5.74) is 2.32. The van der Waals surface area contributed by atoms with Crippen molar-refractivity contribution < 1.29 is 5.11 Å². The standard InChI is InChI=1S/C11H11BrOS/c1-2-7-3-4-10-8(9(7)6-13)5-11(12)14-10/h3-5,13H,2,6H2,1H3. The average Bonchev–Trinajstić information content (AvgIpc) is 2.56. The highest BCUT2D eigenvalue weighted by Gasteiger charge is 2.07. The first kappa shape index (κ1) is 10.1. The summed E-state index contributed by atoms with van der Waals surface area (Å²) in [7, 11) is 0. The monoisotopic (exact) mass is 270 g/mol. The van der Waals surface area contributed by atoms with Gasteiger partial charge in [-0.2, -0.15) is 0 Å². The molecule has 2 aromatic rings. The number of thiophene rings is 1. The number of rotatable bonds is 2. The molecule has 2 rings (SSSR count). The quantitative estimate of drug-likeness (QED) is 0.882. The predicted octanol–water partition coefficient (Wildman–Crippen LogP) is 3.72. The fraction of sp³-hybridized carbons (Fsp3) is 0.273. The van der Waals surface area contributed by atoms with Crippen molar-refractivity contribution in [2.45, 2.75) is 20.0 Å². The smallest absolute Gasteiger partial charge is 0.0711 e. The Balaban J connectivity index is 2.75. The van der Waals surface area contributed by atoms with Crippen molar-refractivity contribution in [2.75, 3.05) is 0 Å². The normalized spacial score (nSPS) is 11.1. The second-order valence-corrected chi connectivity index (χ2v) is 5.64. The average molecular weight is 271 g/mol. The zero-order valence-corrected chi connectivity index (χ0v) is 10.3. The number of fused-ring (bicyclic) bond motifs is 1. The zero-order chi connectivity index (χ0) is 10.1. The number of hydrogen-bond acceptors (Lipinski definition) is 2. The van der Waals surface area contributed by atoms with E-state index in [2.05, 4.69) is 41.1 Å². The summed E-state index contributed by atoms with van der Waals surface area (Å²) in [6.07, 6.45) is 0.972. The Labute approximate surface area is 95.5 Å². The molecule has 0 bridgehead atoms. The van der Waals surface area contributed by atoms with E-state index in [0.717, 1.165) is 15.8 Å². The molecule has 3 heteroatoms. The van der Waals surface area contributed by atoms with Gasteiger partial charge in [-0.3, -0.25) is 0 Å². The van der Waals surface area contributed by atoms with Gasteiger partial charge in [0, 0.05) is 4.70 Å². The lowest BCUT2D eigenvalue weighted by Crippen LogP contribution is -1.92. The van der Waals surface area contributed by atoms with Gasteiger partial charge in [0.05, 0.1) is 10.4 Å². The number of aryl methyl sites for hydroxylation is 1. The van der Waals surface area contributed by atoms with E-state index < -0.39 is 0 Å². The molecule has 1 nitrogen and oxygen atoms in total. The van der Waals surface area contributed by atoms with Crippen LogP contribution >= 0.6 is 27.3 Å². The second-order valence-electron chi connectivity index (χ2n) is 3.18. The van der Waals surface area contributed by atoms with E-state index in [-0.39, 0.29) is 6.61 Å². The van der Waals surface area contributed by atoms with Gasteiger partial charge >= 0.3 is 0 Å². The molecule has 0 aliphatic rings. The minimum absolute atomic E-state index is 0.129. The Bertz CT molecular complexity index is 462. The van der Waals surface area contributed by atoms with Crippen molar-refractivity contribution in [1.82, 2.24) is 0 Å². The maximum absolute atomic E-state index is 9.35. The highest BCUT2D eigenvalue weighted by molar-refractivity contribution is 9.11. The van der Waals surface area contributed by atoms with E-state index in [0.29, 0.717) is 0 Å². The van der Waals surface area contributed by atoms with Crippen LogP contribution in [0.4, 0.5) is 0 Å². The molecule has 0 radical (unpaired) electrons. The van der Waals surface area contributed by atoms with Crippen LogP contribution in [0.3, 0.4) is 0 Å². The molecule has 0 fully saturated rings. The molecule has 74 valence electrons. The van der Waals surface area contributed by atoms with Gasteiger partial charge in [0.1, 0.15) is 0 Å². The van der Waals surface area contributed by atoms with Crippen molar-refractivity contribution in [1.29, 1.82) is 0 Å². The molecule has 1 N–H and O–H groups in total. The van der Waals surface area contributed by atoms with Crippen LogP contribution in [-0.4, -0.2) is 5.11 Å². The van der Waals surface area contributed by atoms with Crippen molar-refractivity contribution in [3.8, 4) is 0 Å². The summed E-state index contributed by atoms with van der Waals surface area (Å²) in [6, 6.07) is 6.32. The van der Waals surface area contributed by atoms with Gasteiger partial charge in [-0.1, -0.05) is 13.0 Å². The molecule has 1 aromatic carbocycles. The molecule has 0 aliphatic carbocycles. The largest absolute Gasteiger partial charge is 0.392 e. The van der Waals surface area contributed by atoms with Gasteiger partial charge in [0.25, 0.3) is 0 Å². The van der Waals surface area contributed by atoms with Crippen LogP contribution in [0.15, 0.2) is 22.0 Å².